The molecule has 0 aliphatic rings. The highest BCUT2D eigenvalue weighted by atomic mass is 16.5. The molecule has 0 saturated heterocycles. The van der Waals surface area contributed by atoms with Crippen molar-refractivity contribution in [3.05, 3.63) is 12.2 Å². The number of ether oxygens (including phenoxy) is 2. The molecule has 0 aromatic heterocycles. The monoisotopic (exact) mass is 242 g/mol. The first-order chi connectivity index (χ1) is 7.93. The van der Waals surface area contributed by atoms with Gasteiger partial charge in [-0.2, -0.15) is 0 Å². The molecule has 0 bridgehead atoms. The zero-order valence-electron chi connectivity index (χ0n) is 11.2. The summed E-state index contributed by atoms with van der Waals surface area (Å²) in [5.41, 5.74) is 0. The van der Waals surface area contributed by atoms with E-state index in [4.69, 9.17) is 0 Å². The lowest BCUT2D eigenvalue weighted by atomic mass is 9.93. The van der Waals surface area contributed by atoms with Crippen LogP contribution >= 0.6 is 0 Å². The van der Waals surface area contributed by atoms with Crippen molar-refractivity contribution < 1.29 is 19.1 Å². The van der Waals surface area contributed by atoms with Gasteiger partial charge in [0.05, 0.1) is 14.2 Å². The Balaban J connectivity index is 4.64. The summed E-state index contributed by atoms with van der Waals surface area (Å²) in [6.45, 7) is 6.01. The molecule has 0 heterocycles. The van der Waals surface area contributed by atoms with E-state index in [-0.39, 0.29) is 5.92 Å². The van der Waals surface area contributed by atoms with Crippen molar-refractivity contribution in [1.29, 1.82) is 0 Å². The maximum absolute atomic E-state index is 11.5. The first-order valence-electron chi connectivity index (χ1n) is 5.76. The SMILES string of the molecule is COC(=O)C(C(=O)OC)[C@@H](C)/C=C/CC(C)C. The maximum atomic E-state index is 11.5. The summed E-state index contributed by atoms with van der Waals surface area (Å²) in [6, 6.07) is 0. The molecule has 1 atom stereocenters. The lowest BCUT2D eigenvalue weighted by Crippen LogP contribution is -2.31. The summed E-state index contributed by atoms with van der Waals surface area (Å²) >= 11 is 0. The Kier molecular flexibility index (Phi) is 7.26. The van der Waals surface area contributed by atoms with Crippen LogP contribution in [0.25, 0.3) is 0 Å². The Morgan fingerprint density at radius 3 is 1.88 bits per heavy atom. The van der Waals surface area contributed by atoms with E-state index in [2.05, 4.69) is 23.3 Å². The number of carbonyl (C=O) groups excluding carboxylic acids is 2. The van der Waals surface area contributed by atoms with Crippen molar-refractivity contribution in [2.24, 2.45) is 17.8 Å². The second-order valence-corrected chi connectivity index (χ2v) is 4.44. The second kappa shape index (κ2) is 7.87. The molecule has 0 aliphatic carbocycles. The third kappa shape index (κ3) is 5.52. The molecule has 0 amide bonds. The van der Waals surface area contributed by atoms with Gasteiger partial charge in [-0.3, -0.25) is 9.59 Å². The molecule has 17 heavy (non-hydrogen) atoms. The third-order valence-corrected chi connectivity index (χ3v) is 2.48. The number of hydrogen-bond donors (Lipinski definition) is 0. The Morgan fingerprint density at radius 2 is 1.53 bits per heavy atom. The molecular weight excluding hydrogens is 220 g/mol. The Bertz CT molecular complexity index is 265. The van der Waals surface area contributed by atoms with Gasteiger partial charge in [0.15, 0.2) is 5.92 Å². The summed E-state index contributed by atoms with van der Waals surface area (Å²) < 4.78 is 9.22. The van der Waals surface area contributed by atoms with Gasteiger partial charge in [0.25, 0.3) is 0 Å². The van der Waals surface area contributed by atoms with Gasteiger partial charge >= 0.3 is 11.9 Å². The second-order valence-electron chi connectivity index (χ2n) is 4.44. The van der Waals surface area contributed by atoms with Gasteiger partial charge in [0, 0.05) is 0 Å². The van der Waals surface area contributed by atoms with Crippen LogP contribution in [-0.2, 0) is 19.1 Å². The summed E-state index contributed by atoms with van der Waals surface area (Å²) in [5, 5.41) is 0. The van der Waals surface area contributed by atoms with Crippen molar-refractivity contribution in [3.8, 4) is 0 Å². The smallest absolute Gasteiger partial charge is 0.320 e. The molecule has 0 unspecified atom stereocenters. The molecule has 0 rings (SSSR count). The van der Waals surface area contributed by atoms with Gasteiger partial charge in [-0.05, 0) is 18.3 Å². The summed E-state index contributed by atoms with van der Waals surface area (Å²) in [4.78, 5) is 23.0. The predicted octanol–water partition coefficient (Wildman–Crippen LogP) is 2.19. The Hall–Kier alpha value is -1.32. The van der Waals surface area contributed by atoms with Crippen molar-refractivity contribution in [2.45, 2.75) is 27.2 Å². The summed E-state index contributed by atoms with van der Waals surface area (Å²) in [7, 11) is 2.53. The van der Waals surface area contributed by atoms with Crippen LogP contribution in [0.3, 0.4) is 0 Å². The molecule has 0 N–H and O–H groups in total. The molecule has 0 saturated carbocycles. The van der Waals surface area contributed by atoms with Gasteiger partial charge in [0.1, 0.15) is 0 Å². The molecular formula is C13H22O4. The van der Waals surface area contributed by atoms with E-state index < -0.39 is 17.9 Å². The zero-order valence-corrected chi connectivity index (χ0v) is 11.2. The van der Waals surface area contributed by atoms with E-state index in [0.29, 0.717) is 5.92 Å². The number of hydrogen-bond acceptors (Lipinski definition) is 4. The van der Waals surface area contributed by atoms with Gasteiger partial charge < -0.3 is 9.47 Å². The van der Waals surface area contributed by atoms with E-state index in [0.717, 1.165) is 6.42 Å². The zero-order chi connectivity index (χ0) is 13.4. The summed E-state index contributed by atoms with van der Waals surface area (Å²) in [6.07, 6.45) is 4.76. The fraction of sp³-hybridized carbons (Fsp3) is 0.692. The quantitative estimate of drug-likeness (QED) is 0.407. The lowest BCUT2D eigenvalue weighted by molar-refractivity contribution is -0.160. The molecule has 0 fully saturated rings. The van der Waals surface area contributed by atoms with Crippen molar-refractivity contribution >= 4 is 11.9 Å². The molecule has 0 aromatic rings. The maximum Gasteiger partial charge on any atom is 0.320 e. The Morgan fingerprint density at radius 1 is 1.06 bits per heavy atom. The first kappa shape index (κ1) is 15.7. The van der Waals surface area contributed by atoms with E-state index in [9.17, 15) is 9.59 Å². The fourth-order valence-corrected chi connectivity index (χ4v) is 1.46. The lowest BCUT2D eigenvalue weighted by Gasteiger charge is -2.16. The largest absolute Gasteiger partial charge is 0.468 e. The third-order valence-electron chi connectivity index (χ3n) is 2.48. The van der Waals surface area contributed by atoms with Crippen LogP contribution in [0.4, 0.5) is 0 Å². The van der Waals surface area contributed by atoms with Gasteiger partial charge in [0.2, 0.25) is 0 Å². The highest BCUT2D eigenvalue weighted by Gasteiger charge is 2.32. The highest BCUT2D eigenvalue weighted by Crippen LogP contribution is 2.17. The normalized spacial score (nSPS) is 13.1. The van der Waals surface area contributed by atoms with Crippen LogP contribution in [0, 0.1) is 17.8 Å². The van der Waals surface area contributed by atoms with Crippen LogP contribution in [0.2, 0.25) is 0 Å². The van der Waals surface area contributed by atoms with Crippen LogP contribution in [0.5, 0.6) is 0 Å². The topological polar surface area (TPSA) is 52.6 Å². The number of carbonyl (C=O) groups is 2. The summed E-state index contributed by atoms with van der Waals surface area (Å²) in [5.74, 6) is -1.67. The van der Waals surface area contributed by atoms with Crippen molar-refractivity contribution in [1.82, 2.24) is 0 Å². The number of rotatable bonds is 6. The Labute approximate surface area is 103 Å². The fourth-order valence-electron chi connectivity index (χ4n) is 1.46. The highest BCUT2D eigenvalue weighted by molar-refractivity contribution is 5.95. The van der Waals surface area contributed by atoms with E-state index >= 15 is 0 Å². The van der Waals surface area contributed by atoms with Crippen LogP contribution in [-0.4, -0.2) is 26.2 Å². The molecule has 0 aliphatic heterocycles. The van der Waals surface area contributed by atoms with Crippen LogP contribution in [0.1, 0.15) is 27.2 Å². The molecule has 98 valence electrons. The van der Waals surface area contributed by atoms with Gasteiger partial charge in [-0.15, -0.1) is 0 Å². The number of methoxy groups -OCH3 is 2. The van der Waals surface area contributed by atoms with E-state index in [1.165, 1.54) is 14.2 Å². The minimum absolute atomic E-state index is 0.228. The van der Waals surface area contributed by atoms with Gasteiger partial charge in [-0.25, -0.2) is 0 Å². The van der Waals surface area contributed by atoms with E-state index in [1.54, 1.807) is 6.92 Å². The number of allylic oxidation sites excluding steroid dienone is 2. The van der Waals surface area contributed by atoms with Crippen molar-refractivity contribution in [2.75, 3.05) is 14.2 Å². The van der Waals surface area contributed by atoms with Crippen LogP contribution < -0.4 is 0 Å². The van der Waals surface area contributed by atoms with Crippen molar-refractivity contribution in [3.63, 3.8) is 0 Å². The minimum Gasteiger partial charge on any atom is -0.468 e. The van der Waals surface area contributed by atoms with Gasteiger partial charge in [-0.1, -0.05) is 32.9 Å². The molecule has 0 radical (unpaired) electrons. The molecule has 4 nitrogen and oxygen atoms in total. The molecule has 0 spiro atoms. The average Bonchev–Trinajstić information content (AvgIpc) is 2.28. The average molecular weight is 242 g/mol. The van der Waals surface area contributed by atoms with E-state index in [1.807, 2.05) is 12.2 Å². The van der Waals surface area contributed by atoms with Crippen LogP contribution in [0.15, 0.2) is 12.2 Å². The number of esters is 2. The first-order valence-corrected chi connectivity index (χ1v) is 5.76. The minimum atomic E-state index is -0.881. The standard InChI is InChI=1S/C13H22O4/c1-9(2)7-6-8-10(3)11(12(14)16-4)13(15)17-5/h6,8-11H,7H2,1-5H3/b8-6+/t10-/m0/s1. The molecule has 4 heteroatoms. The molecule has 0 aromatic carbocycles. The predicted molar refractivity (Wildman–Crippen MR) is 65.3 cm³/mol.